The van der Waals surface area contributed by atoms with Crippen LogP contribution in [-0.4, -0.2) is 36.0 Å². The second-order valence-corrected chi connectivity index (χ2v) is 10.1. The number of carbonyl (C=O) groups excluding carboxylic acids is 1. The molecule has 1 aromatic heterocycles. The van der Waals surface area contributed by atoms with E-state index >= 15 is 0 Å². The van der Waals surface area contributed by atoms with Gasteiger partial charge in [0.05, 0.1) is 23.5 Å². The Morgan fingerprint density at radius 1 is 1.00 bits per heavy atom. The van der Waals surface area contributed by atoms with Crippen molar-refractivity contribution in [3.8, 4) is 0 Å². The summed E-state index contributed by atoms with van der Waals surface area (Å²) in [7, 11) is -3.26. The first-order valence-electron chi connectivity index (χ1n) is 9.55. The van der Waals surface area contributed by atoms with E-state index in [2.05, 4.69) is 34.6 Å². The number of aromatic nitrogens is 2. The molecule has 3 rings (SSSR count). The summed E-state index contributed by atoms with van der Waals surface area (Å²) in [5.41, 5.74) is 1.73. The van der Waals surface area contributed by atoms with E-state index in [9.17, 15) is 13.2 Å². The molecule has 2 aromatic carbocycles. The Bertz CT molecular complexity index is 1090. The van der Waals surface area contributed by atoms with E-state index in [4.69, 9.17) is 4.42 Å². The lowest BCUT2D eigenvalue weighted by atomic mass is 10.1. The first kappa shape index (κ1) is 22.0. The van der Waals surface area contributed by atoms with E-state index in [0.29, 0.717) is 17.9 Å². The molecule has 0 atom stereocenters. The van der Waals surface area contributed by atoms with E-state index < -0.39 is 9.84 Å². The lowest BCUT2D eigenvalue weighted by molar-refractivity contribution is -0.115. The van der Waals surface area contributed by atoms with Crippen LogP contribution in [0.1, 0.15) is 30.9 Å². The van der Waals surface area contributed by atoms with Gasteiger partial charge in [-0.3, -0.25) is 10.1 Å². The minimum absolute atomic E-state index is 0.0359. The van der Waals surface area contributed by atoms with Gasteiger partial charge in [0.2, 0.25) is 11.8 Å². The predicted octanol–water partition coefficient (Wildman–Crippen LogP) is 3.75. The molecule has 0 spiro atoms. The van der Waals surface area contributed by atoms with Gasteiger partial charge in [-0.25, -0.2) is 8.42 Å². The lowest BCUT2D eigenvalue weighted by Crippen LogP contribution is -2.14. The fraction of sp³-hybridized carbons (Fsp3) is 0.286. The molecule has 0 fully saturated rings. The SMILES string of the molecule is CCSc1ccc(Cc2nnc(NC(=O)Cc3ccc(S(=O)(=O)CC)cc3)o2)cc1. The highest BCUT2D eigenvalue weighted by Gasteiger charge is 2.13. The van der Waals surface area contributed by atoms with Crippen LogP contribution < -0.4 is 5.32 Å². The van der Waals surface area contributed by atoms with E-state index in [1.165, 1.54) is 17.0 Å². The highest BCUT2D eigenvalue weighted by Crippen LogP contribution is 2.19. The number of rotatable bonds is 9. The number of thioether (sulfide) groups is 1. The van der Waals surface area contributed by atoms with Crippen LogP contribution in [-0.2, 0) is 27.5 Å². The smallest absolute Gasteiger partial charge is 0.322 e. The molecule has 0 saturated heterocycles. The summed E-state index contributed by atoms with van der Waals surface area (Å²) in [6, 6.07) is 14.5. The van der Waals surface area contributed by atoms with Crippen molar-refractivity contribution < 1.29 is 17.6 Å². The molecule has 30 heavy (non-hydrogen) atoms. The number of nitrogens with zero attached hydrogens (tertiary/aromatic N) is 2. The summed E-state index contributed by atoms with van der Waals surface area (Å²) < 4.78 is 29.2. The average molecular weight is 446 g/mol. The van der Waals surface area contributed by atoms with Gasteiger partial charge in [-0.15, -0.1) is 16.9 Å². The number of carbonyl (C=O) groups is 1. The summed E-state index contributed by atoms with van der Waals surface area (Å²) in [4.78, 5) is 13.7. The molecule has 3 aromatic rings. The third-order valence-corrected chi connectivity index (χ3v) is 6.97. The normalized spacial score (nSPS) is 11.4. The van der Waals surface area contributed by atoms with Crippen molar-refractivity contribution in [2.75, 3.05) is 16.8 Å². The van der Waals surface area contributed by atoms with Crippen molar-refractivity contribution in [2.45, 2.75) is 36.5 Å². The number of amides is 1. The fourth-order valence-electron chi connectivity index (χ4n) is 2.75. The van der Waals surface area contributed by atoms with Gasteiger partial charge in [0.25, 0.3) is 0 Å². The van der Waals surface area contributed by atoms with Gasteiger partial charge >= 0.3 is 6.01 Å². The van der Waals surface area contributed by atoms with E-state index in [0.717, 1.165) is 11.3 Å². The molecule has 0 unspecified atom stereocenters. The number of nitrogens with one attached hydrogen (secondary N) is 1. The van der Waals surface area contributed by atoms with Crippen molar-refractivity contribution in [2.24, 2.45) is 0 Å². The summed E-state index contributed by atoms with van der Waals surface area (Å²) >= 11 is 1.78. The van der Waals surface area contributed by atoms with Gasteiger partial charge in [-0.05, 0) is 41.1 Å². The summed E-state index contributed by atoms with van der Waals surface area (Å²) in [6.45, 7) is 3.70. The molecule has 9 heteroatoms. The van der Waals surface area contributed by atoms with Crippen molar-refractivity contribution in [1.82, 2.24) is 10.2 Å². The first-order chi connectivity index (χ1) is 14.4. The first-order valence-corrected chi connectivity index (χ1v) is 12.2. The Labute approximate surface area is 180 Å². The second-order valence-electron chi connectivity index (χ2n) is 6.53. The molecule has 0 radical (unpaired) electrons. The van der Waals surface area contributed by atoms with Crippen LogP contribution in [0.15, 0.2) is 62.7 Å². The zero-order valence-corrected chi connectivity index (χ0v) is 18.4. The summed E-state index contributed by atoms with van der Waals surface area (Å²) in [5.74, 6) is 1.15. The average Bonchev–Trinajstić information content (AvgIpc) is 3.16. The third-order valence-electron chi connectivity index (χ3n) is 4.33. The molecule has 0 aliphatic carbocycles. The number of hydrogen-bond acceptors (Lipinski definition) is 7. The Kier molecular flexibility index (Phi) is 7.28. The Hall–Kier alpha value is -2.65. The molecule has 158 valence electrons. The van der Waals surface area contributed by atoms with Crippen LogP contribution in [0, 0.1) is 0 Å². The maximum Gasteiger partial charge on any atom is 0.322 e. The largest absolute Gasteiger partial charge is 0.407 e. The maximum atomic E-state index is 12.2. The Morgan fingerprint density at radius 2 is 1.67 bits per heavy atom. The van der Waals surface area contributed by atoms with Crippen LogP contribution in [0.4, 0.5) is 6.01 Å². The summed E-state index contributed by atoms with van der Waals surface area (Å²) in [6.07, 6.45) is 0.550. The molecule has 1 N–H and O–H groups in total. The molecule has 1 heterocycles. The molecule has 1 amide bonds. The number of sulfone groups is 1. The molecule has 7 nitrogen and oxygen atoms in total. The van der Waals surface area contributed by atoms with Gasteiger partial charge in [0, 0.05) is 4.90 Å². The van der Waals surface area contributed by atoms with Crippen molar-refractivity contribution >= 4 is 33.5 Å². The van der Waals surface area contributed by atoms with E-state index in [-0.39, 0.29) is 29.0 Å². The minimum Gasteiger partial charge on any atom is -0.407 e. The number of hydrogen-bond donors (Lipinski definition) is 1. The van der Waals surface area contributed by atoms with Crippen LogP contribution in [0.25, 0.3) is 0 Å². The Morgan fingerprint density at radius 3 is 2.30 bits per heavy atom. The van der Waals surface area contributed by atoms with Crippen molar-refractivity contribution in [1.29, 1.82) is 0 Å². The zero-order chi connectivity index (χ0) is 21.6. The van der Waals surface area contributed by atoms with Gasteiger partial charge in [0.15, 0.2) is 9.84 Å². The topological polar surface area (TPSA) is 102 Å². The monoisotopic (exact) mass is 445 g/mol. The molecule has 0 aliphatic rings. The van der Waals surface area contributed by atoms with E-state index in [1.54, 1.807) is 30.8 Å². The van der Waals surface area contributed by atoms with Gasteiger partial charge < -0.3 is 4.42 Å². The Balaban J connectivity index is 1.55. The third kappa shape index (κ3) is 5.93. The molecule has 0 aliphatic heterocycles. The van der Waals surface area contributed by atoms with E-state index in [1.807, 2.05) is 12.1 Å². The summed E-state index contributed by atoms with van der Waals surface area (Å²) in [5, 5.41) is 10.4. The lowest BCUT2D eigenvalue weighted by Gasteiger charge is -2.04. The van der Waals surface area contributed by atoms with Crippen molar-refractivity contribution in [3.05, 3.63) is 65.5 Å². The van der Waals surface area contributed by atoms with Gasteiger partial charge in [-0.2, -0.15) is 0 Å². The highest BCUT2D eigenvalue weighted by molar-refractivity contribution is 7.99. The van der Waals surface area contributed by atoms with Gasteiger partial charge in [0.1, 0.15) is 0 Å². The van der Waals surface area contributed by atoms with Crippen LogP contribution in [0.2, 0.25) is 0 Å². The highest BCUT2D eigenvalue weighted by atomic mass is 32.2. The molecule has 0 saturated carbocycles. The number of benzene rings is 2. The molecular formula is C21H23N3O4S2. The standard InChI is InChI=1S/C21H23N3O4S2/c1-3-29-17-9-5-16(6-10-17)14-20-23-24-21(28-20)22-19(25)13-15-7-11-18(12-8-15)30(26,27)4-2/h5-12H,3-4,13-14H2,1-2H3,(H,22,24,25). The van der Waals surface area contributed by atoms with Crippen LogP contribution in [0.3, 0.4) is 0 Å². The minimum atomic E-state index is -3.26. The molecular weight excluding hydrogens is 422 g/mol. The maximum absolute atomic E-state index is 12.2. The van der Waals surface area contributed by atoms with Crippen molar-refractivity contribution in [3.63, 3.8) is 0 Å². The number of anilines is 1. The fourth-order valence-corrected chi connectivity index (χ4v) is 4.30. The second kappa shape index (κ2) is 9.90. The van der Waals surface area contributed by atoms with Gasteiger partial charge in [-0.1, -0.05) is 43.2 Å². The van der Waals surface area contributed by atoms with Crippen LogP contribution in [0.5, 0.6) is 0 Å². The van der Waals surface area contributed by atoms with Crippen LogP contribution >= 0.6 is 11.8 Å². The zero-order valence-electron chi connectivity index (χ0n) is 16.8. The predicted molar refractivity (Wildman–Crippen MR) is 116 cm³/mol. The quantitative estimate of drug-likeness (QED) is 0.501. The molecule has 0 bridgehead atoms.